The first-order valence-electron chi connectivity index (χ1n) is 2.92. The van der Waals surface area contributed by atoms with E-state index in [-0.39, 0.29) is 15.9 Å². The van der Waals surface area contributed by atoms with Crippen molar-refractivity contribution in [1.29, 1.82) is 0 Å². The Kier molecular flexibility index (Phi) is 2.69. The van der Waals surface area contributed by atoms with Crippen LogP contribution in [0.5, 0.6) is 0 Å². The first-order chi connectivity index (χ1) is 5.52. The van der Waals surface area contributed by atoms with Gasteiger partial charge in [0, 0.05) is 6.07 Å². The summed E-state index contributed by atoms with van der Waals surface area (Å²) in [6.07, 6.45) is -2.77. The van der Waals surface area contributed by atoms with Crippen LogP contribution in [0, 0.1) is 0 Å². The van der Waals surface area contributed by atoms with Gasteiger partial charge in [0.15, 0.2) is 0 Å². The second-order valence-electron chi connectivity index (χ2n) is 2.03. The zero-order valence-electron chi connectivity index (χ0n) is 5.69. The van der Waals surface area contributed by atoms with E-state index in [9.17, 15) is 8.78 Å². The summed E-state index contributed by atoms with van der Waals surface area (Å²) in [7, 11) is 0. The van der Waals surface area contributed by atoms with E-state index < -0.39 is 12.1 Å². The molecule has 0 unspecified atom stereocenters. The lowest BCUT2D eigenvalue weighted by Crippen LogP contribution is -1.97. The van der Waals surface area contributed by atoms with Gasteiger partial charge in [0.1, 0.15) is 11.5 Å². The minimum absolute atomic E-state index is 0.0144. The van der Waals surface area contributed by atoms with Gasteiger partial charge in [0.05, 0.1) is 10.0 Å². The van der Waals surface area contributed by atoms with Gasteiger partial charge in [-0.2, -0.15) is 0 Å². The maximum Gasteiger partial charge on any atom is 0.281 e. The summed E-state index contributed by atoms with van der Waals surface area (Å²) in [5.41, 5.74) is 4.60. The fourth-order valence-corrected chi connectivity index (χ4v) is 1.07. The number of nitrogens with two attached hydrogens (primary N) is 1. The first-order valence-corrected chi connectivity index (χ1v) is 3.67. The van der Waals surface area contributed by atoms with Crippen molar-refractivity contribution in [2.24, 2.45) is 0 Å². The maximum atomic E-state index is 12.1. The molecular weight excluding hydrogens is 209 g/mol. The van der Waals surface area contributed by atoms with Gasteiger partial charge in [-0.3, -0.25) is 0 Å². The second-order valence-corrected chi connectivity index (χ2v) is 2.81. The Balaban J connectivity index is 3.28. The van der Waals surface area contributed by atoms with E-state index in [2.05, 4.69) is 4.98 Å². The van der Waals surface area contributed by atoms with Crippen LogP contribution in [0.3, 0.4) is 0 Å². The molecule has 1 aromatic heterocycles. The average molecular weight is 213 g/mol. The fourth-order valence-electron chi connectivity index (χ4n) is 0.681. The summed E-state index contributed by atoms with van der Waals surface area (Å²) in [5, 5.41) is -0.264. The van der Waals surface area contributed by atoms with E-state index in [1.54, 1.807) is 0 Å². The largest absolute Gasteiger partial charge is 0.384 e. The van der Waals surface area contributed by atoms with Crippen LogP contribution in [0.25, 0.3) is 0 Å². The Morgan fingerprint density at radius 1 is 1.42 bits per heavy atom. The number of nitrogens with zero attached hydrogens (tertiary/aromatic N) is 1. The lowest BCUT2D eigenvalue weighted by Gasteiger charge is -2.04. The molecule has 66 valence electrons. The Morgan fingerprint density at radius 3 is 2.50 bits per heavy atom. The Labute approximate surface area is 77.3 Å². The molecule has 1 heterocycles. The summed E-state index contributed by atoms with van der Waals surface area (Å²) < 4.78 is 24.3. The first kappa shape index (κ1) is 9.48. The summed E-state index contributed by atoms with van der Waals surface area (Å²) in [5.74, 6) is -0.0697. The Morgan fingerprint density at radius 2 is 2.00 bits per heavy atom. The van der Waals surface area contributed by atoms with Gasteiger partial charge in [-0.15, -0.1) is 0 Å². The van der Waals surface area contributed by atoms with Crippen molar-refractivity contribution in [3.63, 3.8) is 0 Å². The van der Waals surface area contributed by atoms with E-state index >= 15 is 0 Å². The van der Waals surface area contributed by atoms with Crippen molar-refractivity contribution in [3.8, 4) is 0 Å². The molecule has 2 nitrogen and oxygen atoms in total. The molecule has 0 aliphatic rings. The number of aromatic nitrogens is 1. The summed E-state index contributed by atoms with van der Waals surface area (Å²) in [6.45, 7) is 0. The van der Waals surface area contributed by atoms with Crippen molar-refractivity contribution >= 4 is 29.0 Å². The highest BCUT2D eigenvalue weighted by Gasteiger charge is 2.16. The normalized spacial score (nSPS) is 10.8. The minimum atomic E-state index is -2.77. The molecule has 0 atom stereocenters. The lowest BCUT2D eigenvalue weighted by molar-refractivity contribution is 0.146. The molecule has 1 rings (SSSR count). The smallest absolute Gasteiger partial charge is 0.281 e. The third kappa shape index (κ3) is 1.76. The van der Waals surface area contributed by atoms with Gasteiger partial charge in [0.25, 0.3) is 6.43 Å². The topological polar surface area (TPSA) is 38.9 Å². The molecule has 0 saturated heterocycles. The molecule has 0 aromatic carbocycles. The van der Waals surface area contributed by atoms with Gasteiger partial charge >= 0.3 is 0 Å². The van der Waals surface area contributed by atoms with Crippen molar-refractivity contribution in [2.75, 3.05) is 5.73 Å². The molecule has 0 spiro atoms. The van der Waals surface area contributed by atoms with Crippen LogP contribution in [0.2, 0.25) is 10.0 Å². The van der Waals surface area contributed by atoms with Crippen LogP contribution in [0.1, 0.15) is 12.1 Å². The van der Waals surface area contributed by atoms with Gasteiger partial charge < -0.3 is 5.73 Å². The van der Waals surface area contributed by atoms with E-state index in [4.69, 9.17) is 28.9 Å². The van der Waals surface area contributed by atoms with Crippen LogP contribution in [-0.4, -0.2) is 4.98 Å². The number of rotatable bonds is 1. The summed E-state index contributed by atoms with van der Waals surface area (Å²) in [6, 6.07) is 1.22. The van der Waals surface area contributed by atoms with Crippen molar-refractivity contribution in [2.45, 2.75) is 6.43 Å². The van der Waals surface area contributed by atoms with E-state index in [0.717, 1.165) is 0 Å². The molecular formula is C6H4Cl2F2N2. The van der Waals surface area contributed by atoms with E-state index in [1.807, 2.05) is 0 Å². The third-order valence-corrected chi connectivity index (χ3v) is 1.96. The number of hydrogen-bond donors (Lipinski definition) is 1. The summed E-state index contributed by atoms with van der Waals surface area (Å²) >= 11 is 10.9. The van der Waals surface area contributed by atoms with Crippen LogP contribution in [-0.2, 0) is 0 Å². The highest BCUT2D eigenvalue weighted by atomic mass is 35.5. The second kappa shape index (κ2) is 3.41. The fraction of sp³-hybridized carbons (Fsp3) is 0.167. The van der Waals surface area contributed by atoms with Crippen LogP contribution in [0.15, 0.2) is 6.07 Å². The average Bonchev–Trinajstić information content (AvgIpc) is 1.96. The number of anilines is 1. The van der Waals surface area contributed by atoms with Gasteiger partial charge in [-0.05, 0) is 0 Å². The molecule has 0 radical (unpaired) electrons. The highest BCUT2D eigenvalue weighted by molar-refractivity contribution is 6.42. The molecule has 0 saturated carbocycles. The molecule has 0 aliphatic heterocycles. The summed E-state index contributed by atoms with van der Waals surface area (Å²) in [4.78, 5) is 3.34. The van der Waals surface area contributed by atoms with Crippen molar-refractivity contribution < 1.29 is 8.78 Å². The molecule has 0 aliphatic carbocycles. The molecule has 0 bridgehead atoms. The Hall–Kier alpha value is -0.610. The molecule has 12 heavy (non-hydrogen) atoms. The number of halogens is 4. The molecule has 1 aromatic rings. The third-order valence-electron chi connectivity index (χ3n) is 1.17. The lowest BCUT2D eigenvalue weighted by atomic mass is 10.3. The van der Waals surface area contributed by atoms with E-state index in [1.165, 1.54) is 6.07 Å². The SMILES string of the molecule is Nc1cc(Cl)c(Cl)c(C(F)F)n1. The zero-order valence-corrected chi connectivity index (χ0v) is 7.20. The van der Waals surface area contributed by atoms with E-state index in [0.29, 0.717) is 0 Å². The maximum absolute atomic E-state index is 12.1. The molecule has 6 heteroatoms. The molecule has 0 fully saturated rings. The molecule has 2 N–H and O–H groups in total. The van der Waals surface area contributed by atoms with Gasteiger partial charge in [-0.25, -0.2) is 13.8 Å². The predicted octanol–water partition coefficient (Wildman–Crippen LogP) is 2.91. The monoisotopic (exact) mass is 212 g/mol. The highest BCUT2D eigenvalue weighted by Crippen LogP contribution is 2.32. The van der Waals surface area contributed by atoms with Crippen LogP contribution >= 0.6 is 23.2 Å². The number of alkyl halides is 2. The van der Waals surface area contributed by atoms with Crippen LogP contribution < -0.4 is 5.73 Å². The minimum Gasteiger partial charge on any atom is -0.384 e. The van der Waals surface area contributed by atoms with Crippen molar-refractivity contribution in [1.82, 2.24) is 4.98 Å². The number of hydrogen-bond acceptors (Lipinski definition) is 2. The molecule has 0 amide bonds. The Bertz CT molecular complexity index is 304. The number of nitrogen functional groups attached to an aromatic ring is 1. The zero-order chi connectivity index (χ0) is 9.30. The number of pyridine rings is 1. The predicted molar refractivity (Wildman–Crippen MR) is 43.6 cm³/mol. The van der Waals surface area contributed by atoms with Crippen molar-refractivity contribution in [3.05, 3.63) is 21.8 Å². The van der Waals surface area contributed by atoms with Crippen LogP contribution in [0.4, 0.5) is 14.6 Å². The van der Waals surface area contributed by atoms with Gasteiger partial charge in [-0.1, -0.05) is 23.2 Å². The standard InChI is InChI=1S/C6H4Cl2F2N2/c7-2-1-3(11)12-5(4(2)8)6(9)10/h1,6H,(H2,11,12). The quantitative estimate of drug-likeness (QED) is 0.778. The van der Waals surface area contributed by atoms with Gasteiger partial charge in [0.2, 0.25) is 0 Å².